The zero-order chi connectivity index (χ0) is 15.7. The number of hydrogen-bond donors (Lipinski definition) is 0. The Morgan fingerprint density at radius 3 is 2.05 bits per heavy atom. The summed E-state index contributed by atoms with van der Waals surface area (Å²) in [7, 11) is 0. The Morgan fingerprint density at radius 1 is 0.818 bits per heavy atom. The number of halogens is 2. The Balaban J connectivity index is 1.87. The van der Waals surface area contributed by atoms with Gasteiger partial charge in [0.15, 0.2) is 0 Å². The summed E-state index contributed by atoms with van der Waals surface area (Å²) in [4.78, 5) is 25.1. The molecule has 0 aromatic heterocycles. The highest BCUT2D eigenvalue weighted by Crippen LogP contribution is 2.36. The van der Waals surface area contributed by atoms with Crippen LogP contribution in [0.5, 0.6) is 0 Å². The first-order valence-corrected chi connectivity index (χ1v) is 8.27. The van der Waals surface area contributed by atoms with E-state index in [4.69, 9.17) is 23.2 Å². The Bertz CT molecular complexity index is 795. The zero-order valence-corrected chi connectivity index (χ0v) is 13.6. The van der Waals surface area contributed by atoms with Gasteiger partial charge in [-0.1, -0.05) is 59.6 Å². The maximum atomic E-state index is 12.5. The molecule has 3 rings (SSSR count). The molecular formula is C17H10Cl2O2S. The smallest absolute Gasteiger partial charge is 0.206 e. The van der Waals surface area contributed by atoms with E-state index in [1.807, 2.05) is 12.1 Å². The first-order chi connectivity index (χ1) is 10.6. The van der Waals surface area contributed by atoms with Gasteiger partial charge in [-0.25, -0.2) is 0 Å². The molecule has 0 fully saturated rings. The van der Waals surface area contributed by atoms with E-state index in [9.17, 15) is 9.59 Å². The van der Waals surface area contributed by atoms with E-state index in [2.05, 4.69) is 0 Å². The van der Waals surface area contributed by atoms with Crippen LogP contribution in [0, 0.1) is 0 Å². The van der Waals surface area contributed by atoms with Gasteiger partial charge in [0, 0.05) is 21.9 Å². The van der Waals surface area contributed by atoms with Crippen LogP contribution in [0.25, 0.3) is 0 Å². The second-order valence-electron chi connectivity index (χ2n) is 4.76. The lowest BCUT2D eigenvalue weighted by molar-refractivity contribution is 0.0987. The lowest BCUT2D eigenvalue weighted by Crippen LogP contribution is -2.18. The summed E-state index contributed by atoms with van der Waals surface area (Å²) >= 11 is 13.2. The summed E-state index contributed by atoms with van der Waals surface area (Å²) in [6, 6.07) is 14.1. The molecule has 1 aliphatic carbocycles. The third-order valence-corrected chi connectivity index (χ3v) is 5.20. The van der Waals surface area contributed by atoms with Gasteiger partial charge < -0.3 is 0 Å². The van der Waals surface area contributed by atoms with Crippen molar-refractivity contribution in [1.29, 1.82) is 0 Å². The predicted octanol–water partition coefficient (Wildman–Crippen LogP) is 5.10. The van der Waals surface area contributed by atoms with Crippen molar-refractivity contribution in [2.75, 3.05) is 0 Å². The van der Waals surface area contributed by atoms with Crippen LogP contribution >= 0.6 is 35.0 Å². The molecular weight excluding hydrogens is 339 g/mol. The van der Waals surface area contributed by atoms with Gasteiger partial charge in [-0.15, -0.1) is 11.8 Å². The molecule has 2 aromatic rings. The molecule has 0 saturated heterocycles. The molecule has 0 aliphatic heterocycles. The number of benzene rings is 2. The molecule has 0 unspecified atom stereocenters. The van der Waals surface area contributed by atoms with E-state index in [0.717, 1.165) is 5.56 Å². The lowest BCUT2D eigenvalue weighted by atomic mass is 9.95. The molecule has 0 heterocycles. The van der Waals surface area contributed by atoms with Gasteiger partial charge in [-0.05, 0) is 17.7 Å². The Hall–Kier alpha value is -1.55. The molecule has 0 radical (unpaired) electrons. The number of hydrogen-bond acceptors (Lipinski definition) is 3. The Labute approximate surface area is 142 Å². The number of fused-ring (bicyclic) bond motifs is 1. The Kier molecular flexibility index (Phi) is 4.39. The number of rotatable bonds is 3. The third kappa shape index (κ3) is 2.84. The first-order valence-electron chi connectivity index (χ1n) is 6.53. The average molecular weight is 349 g/mol. The normalized spacial score (nSPS) is 14.3. The third-order valence-electron chi connectivity index (χ3n) is 3.32. The number of ketones is 2. The molecule has 0 N–H and O–H groups in total. The maximum Gasteiger partial charge on any atom is 0.206 e. The van der Waals surface area contributed by atoms with Gasteiger partial charge in [0.05, 0.1) is 4.91 Å². The lowest BCUT2D eigenvalue weighted by Gasteiger charge is -2.17. The van der Waals surface area contributed by atoms with Crippen LogP contribution in [0.2, 0.25) is 5.02 Å². The summed E-state index contributed by atoms with van der Waals surface area (Å²) in [5.74, 6) is 0.0545. The highest BCUT2D eigenvalue weighted by Gasteiger charge is 2.31. The summed E-state index contributed by atoms with van der Waals surface area (Å²) in [6.45, 7) is 0. The van der Waals surface area contributed by atoms with Crippen LogP contribution in [0.4, 0.5) is 0 Å². The summed E-state index contributed by atoms with van der Waals surface area (Å²) in [5.41, 5.74) is 1.79. The number of allylic oxidation sites excluding steroid dienone is 2. The molecule has 2 nitrogen and oxygen atoms in total. The van der Waals surface area contributed by atoms with E-state index in [1.165, 1.54) is 11.8 Å². The monoisotopic (exact) mass is 348 g/mol. The van der Waals surface area contributed by atoms with Crippen LogP contribution < -0.4 is 0 Å². The number of thioether (sulfide) groups is 1. The van der Waals surface area contributed by atoms with Gasteiger partial charge >= 0.3 is 0 Å². The number of carbonyl (C=O) groups is 2. The first kappa shape index (κ1) is 15.3. The number of carbonyl (C=O) groups excluding carboxylic acids is 2. The molecule has 0 saturated carbocycles. The Morgan fingerprint density at radius 2 is 1.41 bits per heavy atom. The molecule has 0 bridgehead atoms. The minimum absolute atomic E-state index is 0.00247. The topological polar surface area (TPSA) is 34.1 Å². The quantitative estimate of drug-likeness (QED) is 0.773. The fraction of sp³-hybridized carbons (Fsp3) is 0.0588. The largest absolute Gasteiger partial charge is 0.288 e. The van der Waals surface area contributed by atoms with Crippen molar-refractivity contribution in [2.45, 2.75) is 5.75 Å². The summed E-state index contributed by atoms with van der Waals surface area (Å²) < 4.78 is 0. The zero-order valence-electron chi connectivity index (χ0n) is 11.3. The van der Waals surface area contributed by atoms with E-state index in [0.29, 0.717) is 26.8 Å². The standard InChI is InChI=1S/C17H10Cl2O2S/c18-11-7-5-10(6-8-11)9-22-17-14(19)15(20)12-3-1-2-4-13(12)16(17)21/h1-8H,9H2. The van der Waals surface area contributed by atoms with Crippen LogP contribution in [0.3, 0.4) is 0 Å². The van der Waals surface area contributed by atoms with Gasteiger partial charge in [0.2, 0.25) is 11.6 Å². The fourth-order valence-corrected chi connectivity index (χ4v) is 3.63. The molecule has 22 heavy (non-hydrogen) atoms. The van der Waals surface area contributed by atoms with Crippen molar-refractivity contribution in [3.05, 3.63) is 80.2 Å². The summed E-state index contributed by atoms with van der Waals surface area (Å²) in [5, 5.41) is 0.659. The molecule has 5 heteroatoms. The van der Waals surface area contributed by atoms with Crippen LogP contribution in [0.15, 0.2) is 58.5 Å². The van der Waals surface area contributed by atoms with Gasteiger partial charge in [0.25, 0.3) is 0 Å². The van der Waals surface area contributed by atoms with Crippen molar-refractivity contribution < 1.29 is 9.59 Å². The van der Waals surface area contributed by atoms with Gasteiger partial charge in [0.1, 0.15) is 5.03 Å². The van der Waals surface area contributed by atoms with E-state index in [1.54, 1.807) is 36.4 Å². The van der Waals surface area contributed by atoms with Gasteiger partial charge in [-0.3, -0.25) is 9.59 Å². The highest BCUT2D eigenvalue weighted by atomic mass is 35.5. The van der Waals surface area contributed by atoms with Crippen molar-refractivity contribution in [3.8, 4) is 0 Å². The molecule has 110 valence electrons. The minimum Gasteiger partial charge on any atom is -0.288 e. The second-order valence-corrected chi connectivity index (χ2v) is 6.56. The average Bonchev–Trinajstić information content (AvgIpc) is 2.54. The second kappa shape index (κ2) is 6.29. The van der Waals surface area contributed by atoms with Crippen molar-refractivity contribution in [1.82, 2.24) is 0 Å². The van der Waals surface area contributed by atoms with E-state index >= 15 is 0 Å². The van der Waals surface area contributed by atoms with Crippen molar-refractivity contribution >= 4 is 46.5 Å². The highest BCUT2D eigenvalue weighted by molar-refractivity contribution is 8.03. The molecule has 0 atom stereocenters. The van der Waals surface area contributed by atoms with Crippen LogP contribution in [-0.4, -0.2) is 11.6 Å². The van der Waals surface area contributed by atoms with Crippen molar-refractivity contribution in [3.63, 3.8) is 0 Å². The SMILES string of the molecule is O=C1C(Cl)=C(SCc2ccc(Cl)cc2)C(=O)c2ccccc21. The molecule has 1 aliphatic rings. The van der Waals surface area contributed by atoms with E-state index in [-0.39, 0.29) is 16.6 Å². The van der Waals surface area contributed by atoms with Gasteiger partial charge in [-0.2, -0.15) is 0 Å². The van der Waals surface area contributed by atoms with Crippen molar-refractivity contribution in [2.24, 2.45) is 0 Å². The maximum absolute atomic E-state index is 12.5. The predicted molar refractivity (Wildman–Crippen MR) is 90.7 cm³/mol. The molecule has 0 spiro atoms. The fourth-order valence-electron chi connectivity index (χ4n) is 2.19. The number of Topliss-reactive ketones (excluding diaryl/α,β-unsaturated/α-hetero) is 2. The molecule has 2 aromatic carbocycles. The minimum atomic E-state index is -0.296. The van der Waals surface area contributed by atoms with E-state index < -0.39 is 0 Å². The molecule has 0 amide bonds. The van der Waals surface area contributed by atoms with Crippen LogP contribution in [-0.2, 0) is 5.75 Å². The van der Waals surface area contributed by atoms with Crippen LogP contribution in [0.1, 0.15) is 26.3 Å². The summed E-state index contributed by atoms with van der Waals surface area (Å²) in [6.07, 6.45) is 0.